The molecular weight excluding hydrogens is 264 g/mol. The lowest BCUT2D eigenvalue weighted by Gasteiger charge is -2.17. The van der Waals surface area contributed by atoms with Crippen molar-refractivity contribution < 1.29 is 9.21 Å². The number of pyridine rings is 1. The number of nitrogens with zero attached hydrogens (tertiary/aromatic N) is 2. The summed E-state index contributed by atoms with van der Waals surface area (Å²) in [6, 6.07) is 13.2. The lowest BCUT2D eigenvalue weighted by atomic mass is 10.1. The Morgan fingerprint density at radius 3 is 2.81 bits per heavy atom. The molecule has 2 aromatic heterocycles. The van der Waals surface area contributed by atoms with E-state index in [1.165, 1.54) is 0 Å². The lowest BCUT2D eigenvalue weighted by Crippen LogP contribution is -2.26. The maximum Gasteiger partial charge on any atom is 0.254 e. The fraction of sp³-hybridized carbons (Fsp3) is 0.176. The zero-order valence-electron chi connectivity index (χ0n) is 12.0. The summed E-state index contributed by atoms with van der Waals surface area (Å²) >= 11 is 0. The van der Waals surface area contributed by atoms with Gasteiger partial charge in [0.25, 0.3) is 5.91 Å². The van der Waals surface area contributed by atoms with Crippen molar-refractivity contribution in [1.82, 2.24) is 9.88 Å². The minimum atomic E-state index is -0.0342. The second kappa shape index (κ2) is 5.40. The molecule has 0 spiro atoms. The third-order valence-corrected chi connectivity index (χ3v) is 3.39. The Morgan fingerprint density at radius 2 is 2.05 bits per heavy atom. The maximum absolute atomic E-state index is 12.7. The largest absolute Gasteiger partial charge is 0.467 e. The van der Waals surface area contributed by atoms with Crippen molar-refractivity contribution >= 4 is 16.8 Å². The molecule has 0 bridgehead atoms. The van der Waals surface area contributed by atoms with E-state index in [1.807, 2.05) is 49.4 Å². The molecule has 0 saturated heterocycles. The number of amides is 1. The Hall–Kier alpha value is -2.62. The van der Waals surface area contributed by atoms with Crippen molar-refractivity contribution in [2.24, 2.45) is 0 Å². The van der Waals surface area contributed by atoms with Gasteiger partial charge >= 0.3 is 0 Å². The van der Waals surface area contributed by atoms with E-state index in [1.54, 1.807) is 18.2 Å². The van der Waals surface area contributed by atoms with Crippen LogP contribution >= 0.6 is 0 Å². The number of furan rings is 1. The van der Waals surface area contributed by atoms with Crippen molar-refractivity contribution in [3.8, 4) is 0 Å². The Bertz CT molecular complexity index is 779. The van der Waals surface area contributed by atoms with Gasteiger partial charge in [-0.15, -0.1) is 0 Å². The molecule has 2 heterocycles. The second-order valence-electron chi connectivity index (χ2n) is 5.07. The van der Waals surface area contributed by atoms with Gasteiger partial charge in [-0.3, -0.25) is 9.78 Å². The molecule has 0 unspecified atom stereocenters. The maximum atomic E-state index is 12.7. The van der Waals surface area contributed by atoms with Gasteiger partial charge in [-0.1, -0.05) is 18.2 Å². The normalized spacial score (nSPS) is 10.8. The molecule has 21 heavy (non-hydrogen) atoms. The van der Waals surface area contributed by atoms with Crippen molar-refractivity contribution in [2.45, 2.75) is 13.5 Å². The first-order valence-corrected chi connectivity index (χ1v) is 6.79. The molecule has 0 aliphatic heterocycles. The number of fused-ring (bicyclic) bond motifs is 1. The van der Waals surface area contributed by atoms with Gasteiger partial charge in [0.1, 0.15) is 5.76 Å². The summed E-state index contributed by atoms with van der Waals surface area (Å²) in [6.07, 6.45) is 1.61. The first kappa shape index (κ1) is 13.4. The molecular formula is C17H16N2O2. The molecule has 4 nitrogen and oxygen atoms in total. The number of hydrogen-bond donors (Lipinski definition) is 0. The van der Waals surface area contributed by atoms with Crippen LogP contribution in [0.5, 0.6) is 0 Å². The van der Waals surface area contributed by atoms with Crippen LogP contribution in [0, 0.1) is 6.92 Å². The van der Waals surface area contributed by atoms with E-state index in [0.29, 0.717) is 12.1 Å². The molecule has 0 N–H and O–H groups in total. The SMILES string of the molecule is Cc1cc(C(=O)N(C)Cc2ccco2)c2ccccc2n1. The van der Waals surface area contributed by atoms with Crippen molar-refractivity contribution in [2.75, 3.05) is 7.05 Å². The van der Waals surface area contributed by atoms with Gasteiger partial charge < -0.3 is 9.32 Å². The first-order valence-electron chi connectivity index (χ1n) is 6.79. The molecule has 1 aromatic carbocycles. The molecule has 106 valence electrons. The summed E-state index contributed by atoms with van der Waals surface area (Å²) in [5, 5.41) is 0.874. The molecule has 0 atom stereocenters. The standard InChI is InChI=1S/C17H16N2O2/c1-12-10-15(14-7-3-4-8-16(14)18-12)17(20)19(2)11-13-6-5-9-21-13/h3-10H,11H2,1-2H3. The van der Waals surface area contributed by atoms with E-state index < -0.39 is 0 Å². The van der Waals surface area contributed by atoms with Gasteiger partial charge in [0.2, 0.25) is 0 Å². The second-order valence-corrected chi connectivity index (χ2v) is 5.07. The Labute approximate surface area is 123 Å². The number of aryl methyl sites for hydroxylation is 1. The van der Waals surface area contributed by atoms with E-state index in [4.69, 9.17) is 4.42 Å². The van der Waals surface area contributed by atoms with Crippen LogP contribution in [0.4, 0.5) is 0 Å². The van der Waals surface area contributed by atoms with Crippen LogP contribution in [-0.2, 0) is 6.54 Å². The highest BCUT2D eigenvalue weighted by Crippen LogP contribution is 2.20. The van der Waals surface area contributed by atoms with E-state index in [2.05, 4.69) is 4.98 Å². The zero-order valence-corrected chi connectivity index (χ0v) is 12.0. The quantitative estimate of drug-likeness (QED) is 0.738. The van der Waals surface area contributed by atoms with Crippen LogP contribution < -0.4 is 0 Å². The van der Waals surface area contributed by atoms with E-state index in [0.717, 1.165) is 22.4 Å². The first-order chi connectivity index (χ1) is 10.1. The van der Waals surface area contributed by atoms with Gasteiger partial charge in [-0.2, -0.15) is 0 Å². The summed E-state index contributed by atoms with van der Waals surface area (Å²) in [6.45, 7) is 2.34. The van der Waals surface area contributed by atoms with Crippen LogP contribution in [0.2, 0.25) is 0 Å². The van der Waals surface area contributed by atoms with Gasteiger partial charge in [0.05, 0.1) is 23.9 Å². The Balaban J connectivity index is 1.97. The van der Waals surface area contributed by atoms with Gasteiger partial charge in [-0.25, -0.2) is 0 Å². The molecule has 0 aliphatic carbocycles. The minimum Gasteiger partial charge on any atom is -0.467 e. The third-order valence-electron chi connectivity index (χ3n) is 3.39. The van der Waals surface area contributed by atoms with Gasteiger partial charge in [-0.05, 0) is 31.2 Å². The highest BCUT2D eigenvalue weighted by atomic mass is 16.3. The fourth-order valence-corrected chi connectivity index (χ4v) is 2.40. The summed E-state index contributed by atoms with van der Waals surface area (Å²) < 4.78 is 5.30. The number of benzene rings is 1. The predicted molar refractivity (Wildman–Crippen MR) is 81.0 cm³/mol. The third kappa shape index (κ3) is 2.65. The summed E-state index contributed by atoms with van der Waals surface area (Å²) in [7, 11) is 1.77. The molecule has 3 aromatic rings. The van der Waals surface area contributed by atoms with Gasteiger partial charge in [0.15, 0.2) is 0 Å². The number of para-hydroxylation sites is 1. The number of carbonyl (C=O) groups excluding carboxylic acids is 1. The number of carbonyl (C=O) groups is 1. The lowest BCUT2D eigenvalue weighted by molar-refractivity contribution is 0.0777. The van der Waals surface area contributed by atoms with Crippen LogP contribution in [0.3, 0.4) is 0 Å². The van der Waals surface area contributed by atoms with Crippen LogP contribution in [0.15, 0.2) is 53.1 Å². The molecule has 4 heteroatoms. The van der Waals surface area contributed by atoms with Crippen molar-refractivity contribution in [3.05, 3.63) is 65.7 Å². The van der Waals surface area contributed by atoms with Crippen LogP contribution in [0.1, 0.15) is 21.8 Å². The summed E-state index contributed by atoms with van der Waals surface area (Å²) in [5.74, 6) is 0.731. The van der Waals surface area contributed by atoms with Crippen molar-refractivity contribution in [1.29, 1.82) is 0 Å². The summed E-state index contributed by atoms with van der Waals surface area (Å²) in [4.78, 5) is 18.8. The number of hydrogen-bond acceptors (Lipinski definition) is 3. The van der Waals surface area contributed by atoms with Crippen molar-refractivity contribution in [3.63, 3.8) is 0 Å². The van der Waals surface area contributed by atoms with Crippen LogP contribution in [-0.4, -0.2) is 22.8 Å². The predicted octanol–water partition coefficient (Wildman–Crippen LogP) is 3.41. The molecule has 0 aliphatic rings. The van der Waals surface area contributed by atoms with Crippen LogP contribution in [0.25, 0.3) is 10.9 Å². The average Bonchev–Trinajstić information content (AvgIpc) is 2.98. The molecule has 0 saturated carbocycles. The Kier molecular flexibility index (Phi) is 3.44. The molecule has 0 radical (unpaired) electrons. The monoisotopic (exact) mass is 280 g/mol. The van der Waals surface area contributed by atoms with E-state index in [-0.39, 0.29) is 5.91 Å². The number of rotatable bonds is 3. The molecule has 1 amide bonds. The average molecular weight is 280 g/mol. The molecule has 0 fully saturated rings. The highest BCUT2D eigenvalue weighted by Gasteiger charge is 2.16. The zero-order chi connectivity index (χ0) is 14.8. The fourth-order valence-electron chi connectivity index (χ4n) is 2.40. The summed E-state index contributed by atoms with van der Waals surface area (Å²) in [5.41, 5.74) is 2.35. The topological polar surface area (TPSA) is 46.3 Å². The highest BCUT2D eigenvalue weighted by molar-refractivity contribution is 6.06. The minimum absolute atomic E-state index is 0.0342. The number of aromatic nitrogens is 1. The smallest absolute Gasteiger partial charge is 0.254 e. The molecule has 3 rings (SSSR count). The van der Waals surface area contributed by atoms with Gasteiger partial charge in [0, 0.05) is 18.1 Å². The van der Waals surface area contributed by atoms with E-state index in [9.17, 15) is 4.79 Å². The van der Waals surface area contributed by atoms with E-state index >= 15 is 0 Å². The Morgan fingerprint density at radius 1 is 1.24 bits per heavy atom.